The summed E-state index contributed by atoms with van der Waals surface area (Å²) in [7, 11) is 0. The molecule has 24 heavy (non-hydrogen) atoms. The SMILES string of the molecule is Cc1noc(C2CCCN(CC(=O)N3CCc4sccc4C3)C2)n1. The highest BCUT2D eigenvalue weighted by atomic mass is 32.1. The Bertz CT molecular complexity index is 726. The molecule has 2 aliphatic rings. The van der Waals surface area contributed by atoms with Crippen LogP contribution in [-0.2, 0) is 17.8 Å². The first-order chi connectivity index (χ1) is 11.7. The Morgan fingerprint density at radius 2 is 2.38 bits per heavy atom. The van der Waals surface area contributed by atoms with Gasteiger partial charge in [0.25, 0.3) is 0 Å². The Balaban J connectivity index is 1.35. The molecule has 0 saturated carbocycles. The molecule has 1 amide bonds. The lowest BCUT2D eigenvalue weighted by Crippen LogP contribution is -2.45. The molecule has 0 aliphatic carbocycles. The third-order valence-corrected chi connectivity index (χ3v) is 5.94. The molecule has 1 atom stereocenters. The molecule has 0 spiro atoms. The van der Waals surface area contributed by atoms with E-state index in [-0.39, 0.29) is 11.8 Å². The maximum Gasteiger partial charge on any atom is 0.237 e. The van der Waals surface area contributed by atoms with E-state index in [2.05, 4.69) is 26.5 Å². The van der Waals surface area contributed by atoms with Crippen molar-refractivity contribution >= 4 is 17.2 Å². The van der Waals surface area contributed by atoms with Crippen LogP contribution in [0.4, 0.5) is 0 Å². The van der Waals surface area contributed by atoms with E-state index in [0.717, 1.165) is 45.4 Å². The van der Waals surface area contributed by atoms with Crippen molar-refractivity contribution < 1.29 is 9.32 Å². The number of carbonyl (C=O) groups is 1. The molecule has 128 valence electrons. The molecule has 2 aromatic heterocycles. The Kier molecular flexibility index (Phi) is 4.37. The number of hydrogen-bond acceptors (Lipinski definition) is 6. The maximum absolute atomic E-state index is 12.7. The van der Waals surface area contributed by atoms with Crippen LogP contribution in [0.2, 0.25) is 0 Å². The summed E-state index contributed by atoms with van der Waals surface area (Å²) in [5.41, 5.74) is 1.32. The van der Waals surface area contributed by atoms with E-state index in [4.69, 9.17) is 4.52 Å². The van der Waals surface area contributed by atoms with Gasteiger partial charge in [-0.1, -0.05) is 5.16 Å². The summed E-state index contributed by atoms with van der Waals surface area (Å²) in [4.78, 5) is 22.7. The minimum absolute atomic E-state index is 0.231. The van der Waals surface area contributed by atoms with Gasteiger partial charge < -0.3 is 9.42 Å². The lowest BCUT2D eigenvalue weighted by molar-refractivity contribution is -0.133. The monoisotopic (exact) mass is 346 g/mol. The van der Waals surface area contributed by atoms with Crippen LogP contribution >= 0.6 is 11.3 Å². The molecule has 4 rings (SSSR count). The predicted molar refractivity (Wildman–Crippen MR) is 90.9 cm³/mol. The number of aryl methyl sites for hydroxylation is 1. The number of aromatic nitrogens is 2. The van der Waals surface area contributed by atoms with Gasteiger partial charge in [-0.3, -0.25) is 9.69 Å². The van der Waals surface area contributed by atoms with E-state index in [0.29, 0.717) is 18.3 Å². The van der Waals surface area contributed by atoms with E-state index in [9.17, 15) is 4.79 Å². The fourth-order valence-electron chi connectivity index (χ4n) is 3.63. The van der Waals surface area contributed by atoms with Gasteiger partial charge in [0.15, 0.2) is 5.82 Å². The third-order valence-electron chi connectivity index (χ3n) is 4.92. The average molecular weight is 346 g/mol. The molecule has 1 fully saturated rings. The van der Waals surface area contributed by atoms with Crippen LogP contribution in [0.15, 0.2) is 16.0 Å². The number of carbonyl (C=O) groups excluding carboxylic acids is 1. The fourth-order valence-corrected chi connectivity index (χ4v) is 4.52. The molecule has 0 N–H and O–H groups in total. The van der Waals surface area contributed by atoms with Crippen LogP contribution in [0.1, 0.15) is 40.9 Å². The Morgan fingerprint density at radius 3 is 3.21 bits per heavy atom. The maximum atomic E-state index is 12.7. The summed E-state index contributed by atoms with van der Waals surface area (Å²) < 4.78 is 5.32. The first kappa shape index (κ1) is 15.8. The largest absolute Gasteiger partial charge is 0.339 e. The second-order valence-corrected chi connectivity index (χ2v) is 7.69. The number of hydrogen-bond donors (Lipinski definition) is 0. The van der Waals surface area contributed by atoms with Gasteiger partial charge in [0.05, 0.1) is 12.5 Å². The molecular formula is C17H22N4O2S. The van der Waals surface area contributed by atoms with Crippen molar-refractivity contribution in [3.05, 3.63) is 33.6 Å². The molecule has 1 saturated heterocycles. The highest BCUT2D eigenvalue weighted by Crippen LogP contribution is 2.27. The molecule has 7 heteroatoms. The topological polar surface area (TPSA) is 62.5 Å². The molecule has 6 nitrogen and oxygen atoms in total. The van der Waals surface area contributed by atoms with Crippen molar-refractivity contribution in [2.24, 2.45) is 0 Å². The molecule has 0 aromatic carbocycles. The van der Waals surface area contributed by atoms with Gasteiger partial charge in [0, 0.05) is 24.5 Å². The number of rotatable bonds is 3. The molecule has 1 unspecified atom stereocenters. The molecule has 2 aliphatic heterocycles. The van der Waals surface area contributed by atoms with Gasteiger partial charge in [-0.25, -0.2) is 0 Å². The number of thiophene rings is 1. The van der Waals surface area contributed by atoms with E-state index >= 15 is 0 Å². The van der Waals surface area contributed by atoms with Crippen molar-refractivity contribution in [3.8, 4) is 0 Å². The number of amides is 1. The highest BCUT2D eigenvalue weighted by molar-refractivity contribution is 7.10. The summed E-state index contributed by atoms with van der Waals surface area (Å²) in [5, 5.41) is 6.01. The van der Waals surface area contributed by atoms with E-state index in [1.807, 2.05) is 11.8 Å². The van der Waals surface area contributed by atoms with Gasteiger partial charge in [0.1, 0.15) is 0 Å². The van der Waals surface area contributed by atoms with Crippen molar-refractivity contribution in [2.45, 2.75) is 38.6 Å². The van der Waals surface area contributed by atoms with Crippen molar-refractivity contribution in [2.75, 3.05) is 26.2 Å². The first-order valence-electron chi connectivity index (χ1n) is 8.54. The van der Waals surface area contributed by atoms with Crippen LogP contribution in [-0.4, -0.2) is 52.0 Å². The molecular weight excluding hydrogens is 324 g/mol. The molecule has 2 aromatic rings. The minimum Gasteiger partial charge on any atom is -0.339 e. The van der Waals surface area contributed by atoms with Crippen LogP contribution < -0.4 is 0 Å². The number of nitrogens with zero attached hydrogens (tertiary/aromatic N) is 4. The zero-order chi connectivity index (χ0) is 16.5. The number of fused-ring (bicyclic) bond motifs is 1. The summed E-state index contributed by atoms with van der Waals surface area (Å²) in [6.07, 6.45) is 3.10. The average Bonchev–Trinajstić information content (AvgIpc) is 3.23. The van der Waals surface area contributed by atoms with Crippen molar-refractivity contribution in [3.63, 3.8) is 0 Å². The lowest BCUT2D eigenvalue weighted by Gasteiger charge is -2.33. The highest BCUT2D eigenvalue weighted by Gasteiger charge is 2.28. The standard InChI is InChI=1S/C17H22N4O2S/c1-12-18-17(23-19-12)14-3-2-6-20(9-14)11-16(22)21-7-4-15-13(10-21)5-8-24-15/h5,8,14H,2-4,6-7,9-11H2,1H3. The second-order valence-electron chi connectivity index (χ2n) is 6.69. The van der Waals surface area contributed by atoms with Gasteiger partial charge in [-0.2, -0.15) is 4.98 Å². The predicted octanol–water partition coefficient (Wildman–Crippen LogP) is 2.20. The normalized spacial score (nSPS) is 21.7. The number of likely N-dealkylation sites (tertiary alicyclic amines) is 1. The van der Waals surface area contributed by atoms with Crippen molar-refractivity contribution in [1.82, 2.24) is 19.9 Å². The number of piperidine rings is 1. The van der Waals surface area contributed by atoms with Crippen molar-refractivity contribution in [1.29, 1.82) is 0 Å². The molecule has 0 radical (unpaired) electrons. The van der Waals surface area contributed by atoms with Crippen LogP contribution in [0.3, 0.4) is 0 Å². The zero-order valence-corrected chi connectivity index (χ0v) is 14.7. The summed E-state index contributed by atoms with van der Waals surface area (Å²) in [5.74, 6) is 1.87. The van der Waals surface area contributed by atoms with Gasteiger partial charge in [0.2, 0.25) is 11.8 Å². The van der Waals surface area contributed by atoms with Crippen LogP contribution in [0.25, 0.3) is 0 Å². The van der Waals surface area contributed by atoms with E-state index < -0.39 is 0 Å². The van der Waals surface area contributed by atoms with Gasteiger partial charge in [-0.05, 0) is 49.7 Å². The van der Waals surface area contributed by atoms with E-state index in [1.165, 1.54) is 10.4 Å². The Labute approximate surface area is 145 Å². The van der Waals surface area contributed by atoms with E-state index in [1.54, 1.807) is 11.3 Å². The Morgan fingerprint density at radius 1 is 1.46 bits per heavy atom. The lowest BCUT2D eigenvalue weighted by atomic mass is 9.98. The summed E-state index contributed by atoms with van der Waals surface area (Å²) in [6.45, 7) is 5.72. The first-order valence-corrected chi connectivity index (χ1v) is 9.42. The second kappa shape index (κ2) is 6.64. The quantitative estimate of drug-likeness (QED) is 0.853. The smallest absolute Gasteiger partial charge is 0.237 e. The fraction of sp³-hybridized carbons (Fsp3) is 0.588. The zero-order valence-electron chi connectivity index (χ0n) is 13.9. The van der Waals surface area contributed by atoms with Crippen LogP contribution in [0, 0.1) is 6.92 Å². The Hall–Kier alpha value is -1.73. The third kappa shape index (κ3) is 3.23. The van der Waals surface area contributed by atoms with Gasteiger partial charge in [-0.15, -0.1) is 11.3 Å². The molecule has 4 heterocycles. The van der Waals surface area contributed by atoms with Gasteiger partial charge >= 0.3 is 0 Å². The summed E-state index contributed by atoms with van der Waals surface area (Å²) in [6, 6.07) is 2.15. The summed E-state index contributed by atoms with van der Waals surface area (Å²) >= 11 is 1.80. The minimum atomic E-state index is 0.231. The molecule has 0 bridgehead atoms. The van der Waals surface area contributed by atoms with Crippen LogP contribution in [0.5, 0.6) is 0 Å².